The molecule has 1 unspecified atom stereocenters. The van der Waals surface area contributed by atoms with Crippen molar-refractivity contribution in [3.63, 3.8) is 0 Å². The van der Waals surface area contributed by atoms with E-state index in [1.807, 2.05) is 6.92 Å². The molecule has 2 aliphatic rings. The van der Waals surface area contributed by atoms with Crippen LogP contribution in [0.3, 0.4) is 0 Å². The maximum absolute atomic E-state index is 11.1. The third-order valence-electron chi connectivity index (χ3n) is 4.70. The minimum Gasteiger partial charge on any atom is -0.388 e. The topological polar surface area (TPSA) is 91.0 Å². The average molecular weight is 438 g/mol. The predicted octanol–water partition coefficient (Wildman–Crippen LogP) is 1.46. The van der Waals surface area contributed by atoms with Crippen molar-refractivity contribution < 1.29 is 9.90 Å². The van der Waals surface area contributed by atoms with Crippen LogP contribution in [0.1, 0.15) is 51.9 Å². The van der Waals surface area contributed by atoms with Crippen molar-refractivity contribution in [1.29, 1.82) is 0 Å². The van der Waals surface area contributed by atoms with Crippen molar-refractivity contribution in [2.45, 2.75) is 57.5 Å². The summed E-state index contributed by atoms with van der Waals surface area (Å²) >= 11 is 0. The Balaban J connectivity index is 0.00000264. The number of primary amides is 1. The fraction of sp³-hybridized carbons (Fsp3) is 0.875. The van der Waals surface area contributed by atoms with Crippen LogP contribution in [-0.4, -0.2) is 53.7 Å². The number of halogens is 1. The Bertz CT molecular complexity index is 411. The minimum atomic E-state index is -0.622. The summed E-state index contributed by atoms with van der Waals surface area (Å²) in [6, 6.07) is 0. The fourth-order valence-corrected chi connectivity index (χ4v) is 3.55. The van der Waals surface area contributed by atoms with Gasteiger partial charge in [-0.05, 0) is 38.5 Å². The molecular weight excluding hydrogens is 407 g/mol. The van der Waals surface area contributed by atoms with Crippen LogP contribution in [0.4, 0.5) is 0 Å². The molecule has 2 fully saturated rings. The Hall–Kier alpha value is -0.570. The normalized spacial score (nSPS) is 24.2. The molecular formula is C16H31IN4O2. The molecule has 4 N–H and O–H groups in total. The number of guanidine groups is 1. The molecule has 1 saturated carbocycles. The zero-order chi connectivity index (χ0) is 16.0. The van der Waals surface area contributed by atoms with E-state index in [4.69, 9.17) is 5.73 Å². The van der Waals surface area contributed by atoms with Gasteiger partial charge in [0.15, 0.2) is 5.96 Å². The molecule has 134 valence electrons. The second-order valence-electron chi connectivity index (χ2n) is 6.73. The summed E-state index contributed by atoms with van der Waals surface area (Å²) in [5, 5.41) is 13.8. The van der Waals surface area contributed by atoms with Crippen molar-refractivity contribution in [2.24, 2.45) is 16.6 Å². The molecule has 1 aliphatic carbocycles. The number of aliphatic imine (C=N–C) groups is 1. The Morgan fingerprint density at radius 3 is 2.70 bits per heavy atom. The van der Waals surface area contributed by atoms with Crippen molar-refractivity contribution in [3.8, 4) is 0 Å². The van der Waals surface area contributed by atoms with Crippen LogP contribution < -0.4 is 11.1 Å². The highest BCUT2D eigenvalue weighted by Gasteiger charge is 2.31. The Morgan fingerprint density at radius 2 is 2.09 bits per heavy atom. The number of aliphatic hydroxyl groups is 1. The van der Waals surface area contributed by atoms with Crippen LogP contribution in [0.25, 0.3) is 0 Å². The van der Waals surface area contributed by atoms with Gasteiger partial charge in [-0.15, -0.1) is 24.0 Å². The number of nitrogens with zero attached hydrogens (tertiary/aromatic N) is 2. The summed E-state index contributed by atoms with van der Waals surface area (Å²) in [7, 11) is 0. The number of carbonyl (C=O) groups is 1. The second kappa shape index (κ2) is 9.66. The molecule has 23 heavy (non-hydrogen) atoms. The largest absolute Gasteiger partial charge is 0.388 e. The lowest BCUT2D eigenvalue weighted by molar-refractivity contribution is -0.119. The first kappa shape index (κ1) is 20.5. The van der Waals surface area contributed by atoms with Gasteiger partial charge in [0.25, 0.3) is 0 Å². The van der Waals surface area contributed by atoms with Gasteiger partial charge < -0.3 is 21.1 Å². The van der Waals surface area contributed by atoms with Crippen LogP contribution in [-0.2, 0) is 4.79 Å². The summed E-state index contributed by atoms with van der Waals surface area (Å²) in [4.78, 5) is 18.0. The van der Waals surface area contributed by atoms with E-state index in [1.165, 1.54) is 0 Å². The number of nitrogens with two attached hydrogens (primary N) is 1. The van der Waals surface area contributed by atoms with Gasteiger partial charge in [-0.25, -0.2) is 0 Å². The quantitative estimate of drug-likeness (QED) is 0.345. The number of amides is 1. The Labute approximate surface area is 156 Å². The van der Waals surface area contributed by atoms with Crippen molar-refractivity contribution in [2.75, 3.05) is 26.2 Å². The first-order chi connectivity index (χ1) is 10.5. The standard InChI is InChI=1S/C16H30N4O2.HI/c1-2-18-15(19-12-16(22)7-3-4-8-16)20-9-5-6-13(11-20)10-14(17)21;/h13,22H,2-12H2,1H3,(H2,17,21)(H,18,19);1H. The minimum absolute atomic E-state index is 0. The highest BCUT2D eigenvalue weighted by molar-refractivity contribution is 14.0. The number of piperidine rings is 1. The maximum atomic E-state index is 11.1. The van der Waals surface area contributed by atoms with E-state index < -0.39 is 5.60 Å². The molecule has 0 bridgehead atoms. The van der Waals surface area contributed by atoms with Crippen LogP contribution in [0.5, 0.6) is 0 Å². The molecule has 1 amide bonds. The van der Waals surface area contributed by atoms with Gasteiger partial charge >= 0.3 is 0 Å². The first-order valence-corrected chi connectivity index (χ1v) is 8.56. The van der Waals surface area contributed by atoms with Gasteiger partial charge in [-0.3, -0.25) is 9.79 Å². The molecule has 1 aliphatic heterocycles. The molecule has 1 saturated heterocycles. The third-order valence-corrected chi connectivity index (χ3v) is 4.70. The summed E-state index contributed by atoms with van der Waals surface area (Å²) in [5.41, 5.74) is 4.70. The SMILES string of the molecule is CCNC(=NCC1(O)CCCC1)N1CCCC(CC(N)=O)C1.I. The van der Waals surface area contributed by atoms with Gasteiger partial charge in [-0.1, -0.05) is 12.8 Å². The molecule has 0 aromatic heterocycles. The van der Waals surface area contributed by atoms with Gasteiger partial charge in [0.05, 0.1) is 12.1 Å². The zero-order valence-electron chi connectivity index (χ0n) is 14.1. The lowest BCUT2D eigenvalue weighted by Crippen LogP contribution is -2.47. The predicted molar refractivity (Wildman–Crippen MR) is 103 cm³/mol. The van der Waals surface area contributed by atoms with Crippen LogP contribution in [0.15, 0.2) is 4.99 Å². The monoisotopic (exact) mass is 438 g/mol. The van der Waals surface area contributed by atoms with Gasteiger partial charge in [0.2, 0.25) is 5.91 Å². The van der Waals surface area contributed by atoms with E-state index in [0.29, 0.717) is 18.9 Å². The molecule has 7 heteroatoms. The number of nitrogens with one attached hydrogen (secondary N) is 1. The van der Waals surface area contributed by atoms with E-state index in [2.05, 4.69) is 15.2 Å². The van der Waals surface area contributed by atoms with E-state index >= 15 is 0 Å². The van der Waals surface area contributed by atoms with E-state index in [-0.39, 0.29) is 29.9 Å². The Morgan fingerprint density at radius 1 is 1.39 bits per heavy atom. The van der Waals surface area contributed by atoms with Crippen LogP contribution in [0.2, 0.25) is 0 Å². The number of hydrogen-bond acceptors (Lipinski definition) is 3. The molecule has 0 aromatic rings. The van der Waals surface area contributed by atoms with E-state index in [1.54, 1.807) is 0 Å². The number of carbonyl (C=O) groups excluding carboxylic acids is 1. The third kappa shape index (κ3) is 6.45. The maximum Gasteiger partial charge on any atom is 0.217 e. The molecule has 2 rings (SSSR count). The van der Waals surface area contributed by atoms with Crippen molar-refractivity contribution >= 4 is 35.8 Å². The van der Waals surface area contributed by atoms with E-state index in [0.717, 1.165) is 64.1 Å². The molecule has 0 aromatic carbocycles. The number of likely N-dealkylation sites (tertiary alicyclic amines) is 1. The zero-order valence-corrected chi connectivity index (χ0v) is 16.4. The van der Waals surface area contributed by atoms with Crippen LogP contribution in [0, 0.1) is 5.92 Å². The van der Waals surface area contributed by atoms with Gasteiger partial charge in [-0.2, -0.15) is 0 Å². The summed E-state index contributed by atoms with van der Waals surface area (Å²) in [6.07, 6.45) is 6.41. The van der Waals surface area contributed by atoms with Gasteiger partial charge in [0.1, 0.15) is 0 Å². The molecule has 0 radical (unpaired) electrons. The lowest BCUT2D eigenvalue weighted by Gasteiger charge is -2.35. The number of rotatable bonds is 5. The molecule has 6 nitrogen and oxygen atoms in total. The number of hydrogen-bond donors (Lipinski definition) is 3. The van der Waals surface area contributed by atoms with E-state index in [9.17, 15) is 9.90 Å². The van der Waals surface area contributed by atoms with Gasteiger partial charge in [0, 0.05) is 26.1 Å². The second-order valence-corrected chi connectivity index (χ2v) is 6.73. The highest BCUT2D eigenvalue weighted by atomic mass is 127. The van der Waals surface area contributed by atoms with Crippen molar-refractivity contribution in [1.82, 2.24) is 10.2 Å². The van der Waals surface area contributed by atoms with Crippen LogP contribution >= 0.6 is 24.0 Å². The first-order valence-electron chi connectivity index (χ1n) is 8.56. The fourth-order valence-electron chi connectivity index (χ4n) is 3.55. The smallest absolute Gasteiger partial charge is 0.217 e. The molecule has 1 atom stereocenters. The molecule has 1 heterocycles. The highest BCUT2D eigenvalue weighted by Crippen LogP contribution is 2.29. The average Bonchev–Trinajstić information content (AvgIpc) is 2.90. The molecule has 0 spiro atoms. The lowest BCUT2D eigenvalue weighted by atomic mass is 9.95. The Kier molecular flexibility index (Phi) is 8.60. The summed E-state index contributed by atoms with van der Waals surface area (Å²) < 4.78 is 0. The van der Waals surface area contributed by atoms with Crippen molar-refractivity contribution in [3.05, 3.63) is 0 Å². The summed E-state index contributed by atoms with van der Waals surface area (Å²) in [6.45, 7) is 5.07. The summed E-state index contributed by atoms with van der Waals surface area (Å²) in [5.74, 6) is 0.940.